The molecular formula is C45H86N4O. The number of hydrogen-bond acceptors (Lipinski definition) is 4. The molecule has 1 rings (SSSR count). The molecule has 1 aliphatic heterocycles. The van der Waals surface area contributed by atoms with Crippen molar-refractivity contribution < 1.29 is 6.22 Å². The predicted molar refractivity (Wildman–Crippen MR) is 224 cm³/mol. The minimum Gasteiger partial charge on any atom is -0.304 e. The lowest BCUT2D eigenvalue weighted by Crippen LogP contribution is -2.45. The molecule has 0 aromatic heterocycles. The van der Waals surface area contributed by atoms with Gasteiger partial charge in [-0.25, -0.2) is 5.01 Å². The van der Waals surface area contributed by atoms with Crippen LogP contribution >= 0.6 is 0 Å². The molecule has 0 aliphatic carbocycles. The Morgan fingerprint density at radius 2 is 0.940 bits per heavy atom. The van der Waals surface area contributed by atoms with Gasteiger partial charge in [0, 0.05) is 47.1 Å². The van der Waals surface area contributed by atoms with Crippen molar-refractivity contribution in [3.63, 3.8) is 0 Å². The van der Waals surface area contributed by atoms with Crippen molar-refractivity contribution in [3.05, 3.63) is 48.6 Å². The van der Waals surface area contributed by atoms with Gasteiger partial charge in [0.05, 0.1) is 0 Å². The average Bonchev–Trinajstić information content (AvgIpc) is 3.12. The fourth-order valence-corrected chi connectivity index (χ4v) is 6.57. The summed E-state index contributed by atoms with van der Waals surface area (Å²) in [5.41, 5.74) is 3.31. The third-order valence-electron chi connectivity index (χ3n) is 10.0. The van der Waals surface area contributed by atoms with E-state index in [1.54, 1.807) is 0 Å². The highest BCUT2D eigenvalue weighted by atomic mass is 16.2. The van der Waals surface area contributed by atoms with Crippen molar-refractivity contribution in [1.29, 1.82) is 0 Å². The number of hydrazine groups is 1. The molecule has 0 saturated carbocycles. The maximum atomic E-state index is 12.9. The fourth-order valence-electron chi connectivity index (χ4n) is 6.57. The van der Waals surface area contributed by atoms with Crippen molar-refractivity contribution in [2.45, 2.75) is 181 Å². The molecule has 5 nitrogen and oxygen atoms in total. The van der Waals surface area contributed by atoms with Gasteiger partial charge in [0.1, 0.15) is 0 Å². The molecule has 1 saturated heterocycles. The third kappa shape index (κ3) is 32.2. The van der Waals surface area contributed by atoms with Gasteiger partial charge < -0.3 is 9.80 Å². The Morgan fingerprint density at radius 1 is 0.540 bits per heavy atom. The van der Waals surface area contributed by atoms with Crippen LogP contribution in [0.1, 0.15) is 182 Å². The zero-order valence-corrected chi connectivity index (χ0v) is 33.7. The summed E-state index contributed by atoms with van der Waals surface area (Å²) in [5, 5.41) is 2.25. The normalized spacial score (nSPS) is 14.9. The van der Waals surface area contributed by atoms with E-state index in [4.69, 9.17) is 0 Å². The molecule has 1 N–H and O–H groups in total. The Labute approximate surface area is 313 Å². The van der Waals surface area contributed by atoms with Gasteiger partial charge in [0.25, 0.3) is 0 Å². The van der Waals surface area contributed by atoms with Crippen LogP contribution in [0.3, 0.4) is 0 Å². The second-order valence-corrected chi connectivity index (χ2v) is 14.9. The summed E-state index contributed by atoms with van der Waals surface area (Å²) in [6.07, 6.45) is 50.8. The highest BCUT2D eigenvalue weighted by Crippen LogP contribution is 2.11. The van der Waals surface area contributed by atoms with E-state index in [-0.39, 0.29) is 7.33 Å². The van der Waals surface area contributed by atoms with Gasteiger partial charge in [-0.2, -0.15) is 0 Å². The van der Waals surface area contributed by atoms with Crippen LogP contribution in [0.5, 0.6) is 0 Å². The van der Waals surface area contributed by atoms with E-state index in [9.17, 15) is 4.79 Å². The summed E-state index contributed by atoms with van der Waals surface area (Å²) >= 11 is 0. The lowest BCUT2D eigenvalue weighted by molar-refractivity contribution is -0.126. The zero-order chi connectivity index (χ0) is 36.0. The number of allylic oxidation sites excluding steroid dienone is 8. The van der Waals surface area contributed by atoms with Crippen molar-refractivity contribution in [3.8, 4) is 0 Å². The third-order valence-corrected chi connectivity index (χ3v) is 10.0. The second-order valence-electron chi connectivity index (χ2n) is 14.9. The molecule has 0 aromatic rings. The first-order valence-electron chi connectivity index (χ1n) is 21.7. The summed E-state index contributed by atoms with van der Waals surface area (Å²) in [7, 11) is 2.20. The molecule has 1 amide bonds. The zero-order valence-electron chi connectivity index (χ0n) is 33.7. The van der Waals surface area contributed by atoms with Crippen LogP contribution in [0.25, 0.3) is 0 Å². The topological polar surface area (TPSA) is 38.8 Å². The first-order valence-corrected chi connectivity index (χ1v) is 21.7. The first kappa shape index (κ1) is 46.3. The second kappa shape index (κ2) is 37.1. The lowest BCUT2D eigenvalue weighted by Gasteiger charge is -2.32. The van der Waals surface area contributed by atoms with Crippen molar-refractivity contribution >= 4 is 5.91 Å². The molecule has 50 heavy (non-hydrogen) atoms. The van der Waals surface area contributed by atoms with Crippen LogP contribution in [-0.2, 0) is 4.79 Å². The summed E-state index contributed by atoms with van der Waals surface area (Å²) in [6.45, 7) is 12.1. The van der Waals surface area contributed by atoms with Crippen LogP contribution in [0.4, 0.5) is 0 Å². The van der Waals surface area contributed by atoms with E-state index >= 15 is 0 Å². The number of likely N-dealkylation sites (N-methyl/N-ethyl adjacent to an activating group) is 1. The van der Waals surface area contributed by atoms with Gasteiger partial charge in [-0.15, -0.1) is 0 Å². The maximum absolute atomic E-state index is 12.9. The van der Waals surface area contributed by atoms with Gasteiger partial charge in [0.15, 0.2) is 0 Å². The van der Waals surface area contributed by atoms with E-state index in [2.05, 4.69) is 89.7 Å². The Kier molecular flexibility index (Phi) is 34.4. The Balaban J connectivity index is 0.0000250. The molecule has 1 aliphatic rings. The predicted octanol–water partition coefficient (Wildman–Crippen LogP) is 12.2. The fraction of sp³-hybridized carbons (Fsp3) is 0.800. The molecule has 0 radical (unpaired) electrons. The van der Waals surface area contributed by atoms with E-state index in [1.807, 2.05) is 0 Å². The molecule has 0 unspecified atom stereocenters. The summed E-state index contributed by atoms with van der Waals surface area (Å²) < 4.78 is 0. The van der Waals surface area contributed by atoms with Gasteiger partial charge in [-0.05, 0) is 97.1 Å². The van der Waals surface area contributed by atoms with E-state index < -0.39 is 0 Å². The molecule has 1 heterocycles. The van der Waals surface area contributed by atoms with Gasteiger partial charge in [-0.3, -0.25) is 10.2 Å². The SMILES string of the molecule is CCCCC/C=C\C/C=C\CCCCCCCCN(CCCCCCCC/C=C\C/C=C\CCCCC)NC(=O)CCCN1CCN(C)CC1.[HH]. The molecule has 292 valence electrons. The summed E-state index contributed by atoms with van der Waals surface area (Å²) in [4.78, 5) is 17.8. The number of rotatable bonds is 35. The summed E-state index contributed by atoms with van der Waals surface area (Å²) in [6, 6.07) is 0. The molecular weight excluding hydrogens is 613 g/mol. The lowest BCUT2D eigenvalue weighted by atomic mass is 10.1. The van der Waals surface area contributed by atoms with Crippen LogP contribution in [0, 0.1) is 0 Å². The van der Waals surface area contributed by atoms with E-state index in [0.29, 0.717) is 6.42 Å². The number of nitrogens with one attached hydrogen (secondary N) is 1. The average molecular weight is 699 g/mol. The number of amides is 1. The molecule has 1 fully saturated rings. The monoisotopic (exact) mass is 699 g/mol. The largest absolute Gasteiger partial charge is 0.304 e. The number of carbonyl (C=O) groups excluding carboxylic acids is 1. The number of carbonyl (C=O) groups is 1. The van der Waals surface area contributed by atoms with E-state index in [1.165, 1.54) is 141 Å². The van der Waals surface area contributed by atoms with Crippen molar-refractivity contribution in [1.82, 2.24) is 20.2 Å². The smallest absolute Gasteiger partial charge is 0.234 e. The Hall–Kier alpha value is -1.69. The highest BCUT2D eigenvalue weighted by molar-refractivity contribution is 5.75. The van der Waals surface area contributed by atoms with Gasteiger partial charge >= 0.3 is 0 Å². The van der Waals surface area contributed by atoms with Crippen LogP contribution in [-0.4, -0.2) is 73.6 Å². The number of nitrogens with zero attached hydrogens (tertiary/aromatic N) is 3. The standard InChI is InChI=1S/C45H84N4O.H2/c1-4-6-8-10-12-14-16-18-20-22-24-26-28-30-32-34-39-49(46-45(50)37-36-38-48-43-41-47(3)42-44-48)40-35-33-31-29-27-25-23-21-19-17-15-13-11-9-7-5-2;/h12-15,18-21H,4-11,16-17,22-44H2,1-3H3,(H,46,50);1H/b14-12-,15-13-,20-18-,21-19-;. The minimum absolute atomic E-state index is 0. The van der Waals surface area contributed by atoms with Gasteiger partial charge in [0.2, 0.25) is 5.91 Å². The number of piperazine rings is 1. The van der Waals surface area contributed by atoms with Crippen molar-refractivity contribution in [2.75, 3.05) is 52.9 Å². The Bertz CT molecular complexity index is 801. The first-order chi connectivity index (χ1) is 24.7. The Morgan fingerprint density at radius 3 is 1.38 bits per heavy atom. The van der Waals surface area contributed by atoms with Crippen LogP contribution in [0.2, 0.25) is 0 Å². The summed E-state index contributed by atoms with van der Waals surface area (Å²) in [5.74, 6) is 0.208. The quantitative estimate of drug-likeness (QED) is 0.0406. The van der Waals surface area contributed by atoms with Crippen LogP contribution in [0.15, 0.2) is 48.6 Å². The highest BCUT2D eigenvalue weighted by Gasteiger charge is 2.14. The van der Waals surface area contributed by atoms with E-state index in [0.717, 1.165) is 65.1 Å². The van der Waals surface area contributed by atoms with Crippen molar-refractivity contribution in [2.24, 2.45) is 0 Å². The molecule has 0 aromatic carbocycles. The van der Waals surface area contributed by atoms with Gasteiger partial charge in [-0.1, -0.05) is 140 Å². The molecule has 0 atom stereocenters. The molecule has 0 spiro atoms. The number of unbranched alkanes of at least 4 members (excludes halogenated alkanes) is 18. The molecule has 0 bridgehead atoms. The minimum atomic E-state index is 0. The maximum Gasteiger partial charge on any atom is 0.234 e. The van der Waals surface area contributed by atoms with Crippen LogP contribution < -0.4 is 5.43 Å². The molecule has 5 heteroatoms. The number of hydrogen-bond donors (Lipinski definition) is 1.